The molecular weight excluding hydrogens is 402 g/mol. The van der Waals surface area contributed by atoms with Gasteiger partial charge in [-0.3, -0.25) is 9.59 Å². The van der Waals surface area contributed by atoms with Crippen LogP contribution in [0.4, 0.5) is 0 Å². The molecule has 30 heavy (non-hydrogen) atoms. The maximum atomic E-state index is 11.9. The van der Waals surface area contributed by atoms with E-state index in [9.17, 15) is 9.59 Å². The van der Waals surface area contributed by atoms with Crippen molar-refractivity contribution in [1.82, 2.24) is 10.7 Å². The summed E-state index contributed by atoms with van der Waals surface area (Å²) in [4.78, 5) is 23.5. The van der Waals surface area contributed by atoms with E-state index in [4.69, 9.17) is 9.47 Å². The summed E-state index contributed by atoms with van der Waals surface area (Å²) >= 11 is 1.51. The Bertz CT molecular complexity index is 836. The third-order valence-corrected chi connectivity index (χ3v) is 4.77. The van der Waals surface area contributed by atoms with Gasteiger partial charge in [0.05, 0.1) is 19.1 Å². The van der Waals surface area contributed by atoms with E-state index < -0.39 is 0 Å². The second-order valence-corrected chi connectivity index (χ2v) is 7.70. The summed E-state index contributed by atoms with van der Waals surface area (Å²) in [6.45, 7) is 3.75. The number of rotatable bonds is 11. The quantitative estimate of drug-likeness (QED) is 0.423. The summed E-state index contributed by atoms with van der Waals surface area (Å²) in [5, 5.41) is 6.73. The van der Waals surface area contributed by atoms with E-state index >= 15 is 0 Å². The van der Waals surface area contributed by atoms with Gasteiger partial charge in [-0.15, -0.1) is 11.8 Å². The standard InChI is InChI=1S/C22H27N3O4S/c1-16(2)24-21(26)13-29-20-10-4-17(5-11-20)12-23-25-22(27)15-30-14-18-6-8-19(28-3)9-7-18/h4-12,16H,13-15H2,1-3H3,(H,24,26)(H,25,27)/b23-12-. The Morgan fingerprint density at radius 1 is 1.03 bits per heavy atom. The third-order valence-electron chi connectivity index (χ3n) is 3.76. The average Bonchev–Trinajstić information content (AvgIpc) is 2.73. The van der Waals surface area contributed by atoms with Crippen molar-refractivity contribution in [3.05, 3.63) is 59.7 Å². The summed E-state index contributed by atoms with van der Waals surface area (Å²) < 4.78 is 10.5. The summed E-state index contributed by atoms with van der Waals surface area (Å²) in [6, 6.07) is 14.9. The molecule has 2 aromatic rings. The number of methoxy groups -OCH3 is 1. The van der Waals surface area contributed by atoms with Crippen molar-refractivity contribution < 1.29 is 19.1 Å². The molecule has 0 aliphatic heterocycles. The molecule has 0 saturated heterocycles. The zero-order valence-corrected chi connectivity index (χ0v) is 18.2. The second kappa shape index (κ2) is 12.5. The minimum atomic E-state index is -0.166. The van der Waals surface area contributed by atoms with Crippen molar-refractivity contribution in [2.45, 2.75) is 25.6 Å². The first kappa shape index (κ1) is 23.3. The molecule has 0 unspecified atom stereocenters. The number of thioether (sulfide) groups is 1. The van der Waals surface area contributed by atoms with Gasteiger partial charge < -0.3 is 14.8 Å². The van der Waals surface area contributed by atoms with Crippen LogP contribution in [0.3, 0.4) is 0 Å². The molecule has 0 aromatic heterocycles. The molecule has 2 amide bonds. The van der Waals surface area contributed by atoms with Crippen molar-refractivity contribution in [1.29, 1.82) is 0 Å². The number of hydrazone groups is 1. The van der Waals surface area contributed by atoms with Crippen molar-refractivity contribution in [2.75, 3.05) is 19.5 Å². The maximum Gasteiger partial charge on any atom is 0.258 e. The van der Waals surface area contributed by atoms with Crippen molar-refractivity contribution >= 4 is 29.8 Å². The zero-order chi connectivity index (χ0) is 21.8. The van der Waals surface area contributed by atoms with Crippen LogP contribution in [0.1, 0.15) is 25.0 Å². The Kier molecular flexibility index (Phi) is 9.73. The van der Waals surface area contributed by atoms with Gasteiger partial charge in [0.1, 0.15) is 11.5 Å². The summed E-state index contributed by atoms with van der Waals surface area (Å²) in [5.41, 5.74) is 4.45. The molecule has 0 spiro atoms. The highest BCUT2D eigenvalue weighted by molar-refractivity contribution is 7.99. The van der Waals surface area contributed by atoms with Crippen LogP contribution >= 0.6 is 11.8 Å². The molecule has 7 nitrogen and oxygen atoms in total. The van der Waals surface area contributed by atoms with Crippen LogP contribution in [0.2, 0.25) is 0 Å². The van der Waals surface area contributed by atoms with Crippen LogP contribution in [-0.4, -0.2) is 43.5 Å². The number of amides is 2. The number of nitrogens with zero attached hydrogens (tertiary/aromatic N) is 1. The van der Waals surface area contributed by atoms with Crippen LogP contribution in [0.25, 0.3) is 0 Å². The Balaban J connectivity index is 1.67. The lowest BCUT2D eigenvalue weighted by Gasteiger charge is -2.09. The van der Waals surface area contributed by atoms with Crippen LogP contribution in [0.15, 0.2) is 53.6 Å². The molecule has 0 aliphatic rings. The first-order valence-electron chi connectivity index (χ1n) is 9.51. The largest absolute Gasteiger partial charge is 0.497 e. The smallest absolute Gasteiger partial charge is 0.258 e. The first-order chi connectivity index (χ1) is 14.5. The molecule has 0 fully saturated rings. The van der Waals surface area contributed by atoms with Gasteiger partial charge >= 0.3 is 0 Å². The summed E-state index contributed by atoms with van der Waals surface area (Å²) in [7, 11) is 1.63. The van der Waals surface area contributed by atoms with Gasteiger partial charge in [0, 0.05) is 11.8 Å². The molecule has 0 saturated carbocycles. The monoisotopic (exact) mass is 429 g/mol. The molecule has 160 valence electrons. The van der Waals surface area contributed by atoms with Gasteiger partial charge in [-0.2, -0.15) is 5.10 Å². The van der Waals surface area contributed by atoms with E-state index in [-0.39, 0.29) is 24.5 Å². The van der Waals surface area contributed by atoms with E-state index in [0.29, 0.717) is 11.5 Å². The Morgan fingerprint density at radius 3 is 2.33 bits per heavy atom. The predicted octanol–water partition coefficient (Wildman–Crippen LogP) is 2.98. The fourth-order valence-electron chi connectivity index (χ4n) is 2.36. The summed E-state index contributed by atoms with van der Waals surface area (Å²) in [5.74, 6) is 2.12. The fraction of sp³-hybridized carbons (Fsp3) is 0.318. The number of nitrogens with one attached hydrogen (secondary N) is 2. The minimum absolute atomic E-state index is 0.0319. The van der Waals surface area contributed by atoms with E-state index in [1.807, 2.05) is 38.1 Å². The highest BCUT2D eigenvalue weighted by Crippen LogP contribution is 2.16. The van der Waals surface area contributed by atoms with Gasteiger partial charge in [-0.1, -0.05) is 12.1 Å². The summed E-state index contributed by atoms with van der Waals surface area (Å²) in [6.07, 6.45) is 1.56. The average molecular weight is 430 g/mol. The molecule has 2 aromatic carbocycles. The van der Waals surface area contributed by atoms with Crippen LogP contribution in [0, 0.1) is 0 Å². The lowest BCUT2D eigenvalue weighted by Crippen LogP contribution is -2.34. The van der Waals surface area contributed by atoms with E-state index in [0.717, 1.165) is 22.6 Å². The first-order valence-corrected chi connectivity index (χ1v) is 10.7. The molecule has 0 radical (unpaired) electrons. The highest BCUT2D eigenvalue weighted by atomic mass is 32.2. The van der Waals surface area contributed by atoms with Gasteiger partial charge in [-0.25, -0.2) is 5.43 Å². The number of benzene rings is 2. The fourth-order valence-corrected chi connectivity index (χ4v) is 3.14. The zero-order valence-electron chi connectivity index (χ0n) is 17.4. The molecule has 8 heteroatoms. The topological polar surface area (TPSA) is 89.0 Å². The van der Waals surface area contributed by atoms with Crippen LogP contribution < -0.4 is 20.2 Å². The van der Waals surface area contributed by atoms with Crippen LogP contribution in [-0.2, 0) is 15.3 Å². The van der Waals surface area contributed by atoms with E-state index in [1.165, 1.54) is 11.8 Å². The Labute approximate surface area is 181 Å². The van der Waals surface area contributed by atoms with E-state index in [1.54, 1.807) is 37.6 Å². The number of hydrogen-bond donors (Lipinski definition) is 2. The number of ether oxygens (including phenoxy) is 2. The minimum Gasteiger partial charge on any atom is -0.497 e. The number of carbonyl (C=O) groups excluding carboxylic acids is 2. The highest BCUT2D eigenvalue weighted by Gasteiger charge is 2.04. The molecule has 0 bridgehead atoms. The molecular formula is C22H27N3O4S. The SMILES string of the molecule is COc1ccc(CSCC(=O)N/N=C\c2ccc(OCC(=O)NC(C)C)cc2)cc1. The second-order valence-electron chi connectivity index (χ2n) is 6.71. The van der Waals surface area contributed by atoms with E-state index in [2.05, 4.69) is 15.8 Å². The molecule has 0 aliphatic carbocycles. The lowest BCUT2D eigenvalue weighted by molar-refractivity contribution is -0.123. The molecule has 0 atom stereocenters. The Hall–Kier alpha value is -3.00. The Morgan fingerprint density at radius 2 is 1.70 bits per heavy atom. The molecule has 2 rings (SSSR count). The van der Waals surface area contributed by atoms with Gasteiger partial charge in [0.25, 0.3) is 5.91 Å². The normalized spacial score (nSPS) is 10.8. The molecule has 0 heterocycles. The molecule has 2 N–H and O–H groups in total. The van der Waals surface area contributed by atoms with Crippen molar-refractivity contribution in [3.8, 4) is 11.5 Å². The van der Waals surface area contributed by atoms with Gasteiger partial charge in [0.15, 0.2) is 6.61 Å². The number of carbonyl (C=O) groups is 2. The van der Waals surface area contributed by atoms with Gasteiger partial charge in [0.2, 0.25) is 5.91 Å². The lowest BCUT2D eigenvalue weighted by atomic mass is 10.2. The number of hydrogen-bond acceptors (Lipinski definition) is 6. The third kappa shape index (κ3) is 9.00. The maximum absolute atomic E-state index is 11.9. The van der Waals surface area contributed by atoms with Crippen molar-refractivity contribution in [3.63, 3.8) is 0 Å². The predicted molar refractivity (Wildman–Crippen MR) is 120 cm³/mol. The van der Waals surface area contributed by atoms with Crippen LogP contribution in [0.5, 0.6) is 11.5 Å². The van der Waals surface area contributed by atoms with Crippen molar-refractivity contribution in [2.24, 2.45) is 5.10 Å². The van der Waals surface area contributed by atoms with Gasteiger partial charge in [-0.05, 0) is 61.4 Å².